The fraction of sp³-hybridized carbons (Fsp3) is 0.375. The van der Waals surface area contributed by atoms with Crippen molar-refractivity contribution in [2.24, 2.45) is 0 Å². The first-order valence-electron chi connectivity index (χ1n) is 7.51. The second-order valence-electron chi connectivity index (χ2n) is 5.09. The van der Waals surface area contributed by atoms with Gasteiger partial charge in [-0.15, -0.1) is 0 Å². The van der Waals surface area contributed by atoms with Crippen LogP contribution in [0, 0.1) is 0 Å². The van der Waals surface area contributed by atoms with E-state index in [2.05, 4.69) is 39.9 Å². The monoisotopic (exact) mass is 283 g/mol. The average Bonchev–Trinajstić information content (AvgIpc) is 3.15. The van der Waals surface area contributed by atoms with E-state index in [4.69, 9.17) is 0 Å². The molecule has 0 saturated carbocycles. The van der Waals surface area contributed by atoms with Crippen molar-refractivity contribution in [1.29, 1.82) is 0 Å². The highest BCUT2D eigenvalue weighted by Crippen LogP contribution is 2.24. The molecule has 110 valence electrons. The highest BCUT2D eigenvalue weighted by Gasteiger charge is 2.21. The first kappa shape index (κ1) is 13.8. The minimum atomic E-state index is 0.0693. The van der Waals surface area contributed by atoms with E-state index in [0.29, 0.717) is 0 Å². The molecule has 3 aromatic rings. The summed E-state index contributed by atoms with van der Waals surface area (Å²) in [6.07, 6.45) is 8.90. The molecule has 5 nitrogen and oxygen atoms in total. The molecule has 1 atom stereocenters. The molecular weight excluding hydrogens is 262 g/mol. The molecule has 0 bridgehead atoms. The Morgan fingerprint density at radius 3 is 2.95 bits per heavy atom. The summed E-state index contributed by atoms with van der Waals surface area (Å²) < 4.78 is 4.09. The van der Waals surface area contributed by atoms with E-state index in [1.807, 2.05) is 41.4 Å². The molecule has 3 heterocycles. The molecule has 21 heavy (non-hydrogen) atoms. The Bertz CT molecular complexity index is 712. The zero-order valence-corrected chi connectivity index (χ0v) is 12.5. The van der Waals surface area contributed by atoms with Crippen molar-refractivity contribution < 1.29 is 0 Å². The molecule has 3 rings (SSSR count). The van der Waals surface area contributed by atoms with Gasteiger partial charge < -0.3 is 9.88 Å². The predicted molar refractivity (Wildman–Crippen MR) is 83.2 cm³/mol. The van der Waals surface area contributed by atoms with Crippen LogP contribution in [0.15, 0.2) is 43.0 Å². The van der Waals surface area contributed by atoms with Gasteiger partial charge in [0, 0.05) is 30.7 Å². The third-order valence-corrected chi connectivity index (χ3v) is 3.71. The molecule has 3 aromatic heterocycles. The van der Waals surface area contributed by atoms with E-state index in [1.54, 1.807) is 0 Å². The number of aromatic nitrogens is 4. The van der Waals surface area contributed by atoms with Crippen LogP contribution in [0.25, 0.3) is 5.52 Å². The van der Waals surface area contributed by atoms with Crippen molar-refractivity contribution in [2.75, 3.05) is 6.54 Å². The maximum atomic E-state index is 4.57. The average molecular weight is 283 g/mol. The SMILES string of the molecule is CCCNC(c1cnn2ccccc12)c1nccn1CC. The summed E-state index contributed by atoms with van der Waals surface area (Å²) in [5.41, 5.74) is 2.29. The minimum absolute atomic E-state index is 0.0693. The Balaban J connectivity index is 2.07. The highest BCUT2D eigenvalue weighted by molar-refractivity contribution is 5.56. The van der Waals surface area contributed by atoms with Gasteiger partial charge in [0.1, 0.15) is 5.82 Å². The van der Waals surface area contributed by atoms with Gasteiger partial charge in [0.25, 0.3) is 0 Å². The van der Waals surface area contributed by atoms with Crippen LogP contribution in [0.3, 0.4) is 0 Å². The summed E-state index contributed by atoms with van der Waals surface area (Å²) in [6.45, 7) is 6.18. The lowest BCUT2D eigenvalue weighted by molar-refractivity contribution is 0.544. The zero-order valence-electron chi connectivity index (χ0n) is 12.5. The number of hydrogen-bond acceptors (Lipinski definition) is 3. The number of rotatable bonds is 6. The van der Waals surface area contributed by atoms with Gasteiger partial charge in [0.15, 0.2) is 0 Å². The summed E-state index contributed by atoms with van der Waals surface area (Å²) in [5, 5.41) is 8.06. The minimum Gasteiger partial charge on any atom is -0.334 e. The van der Waals surface area contributed by atoms with Crippen LogP contribution in [-0.4, -0.2) is 25.7 Å². The van der Waals surface area contributed by atoms with Crippen molar-refractivity contribution in [3.63, 3.8) is 0 Å². The Labute approximate surface area is 124 Å². The van der Waals surface area contributed by atoms with Gasteiger partial charge in [-0.2, -0.15) is 5.10 Å². The normalized spacial score (nSPS) is 12.9. The lowest BCUT2D eigenvalue weighted by Gasteiger charge is -2.18. The van der Waals surface area contributed by atoms with E-state index in [1.165, 1.54) is 5.56 Å². The van der Waals surface area contributed by atoms with Gasteiger partial charge in [-0.05, 0) is 32.0 Å². The summed E-state index contributed by atoms with van der Waals surface area (Å²) in [7, 11) is 0. The van der Waals surface area contributed by atoms with E-state index in [-0.39, 0.29) is 6.04 Å². The molecule has 0 aliphatic carbocycles. The van der Waals surface area contributed by atoms with Gasteiger partial charge in [-0.3, -0.25) is 0 Å². The number of pyridine rings is 1. The molecular formula is C16H21N5. The molecule has 0 fully saturated rings. The van der Waals surface area contributed by atoms with E-state index < -0.39 is 0 Å². The topological polar surface area (TPSA) is 47.1 Å². The van der Waals surface area contributed by atoms with Gasteiger partial charge in [-0.25, -0.2) is 9.50 Å². The Hall–Kier alpha value is -2.14. The Morgan fingerprint density at radius 1 is 1.24 bits per heavy atom. The molecule has 0 radical (unpaired) electrons. The Morgan fingerprint density at radius 2 is 2.14 bits per heavy atom. The van der Waals surface area contributed by atoms with Crippen molar-refractivity contribution in [3.05, 3.63) is 54.4 Å². The van der Waals surface area contributed by atoms with Crippen LogP contribution in [-0.2, 0) is 6.54 Å². The van der Waals surface area contributed by atoms with Gasteiger partial charge in [-0.1, -0.05) is 13.0 Å². The van der Waals surface area contributed by atoms with Crippen LogP contribution < -0.4 is 5.32 Å². The second-order valence-corrected chi connectivity index (χ2v) is 5.09. The maximum Gasteiger partial charge on any atom is 0.130 e. The third-order valence-electron chi connectivity index (χ3n) is 3.71. The molecule has 5 heteroatoms. The van der Waals surface area contributed by atoms with Gasteiger partial charge in [0.2, 0.25) is 0 Å². The number of nitrogens with zero attached hydrogens (tertiary/aromatic N) is 4. The summed E-state index contributed by atoms with van der Waals surface area (Å²) in [4.78, 5) is 4.57. The lowest BCUT2D eigenvalue weighted by atomic mass is 10.1. The first-order valence-corrected chi connectivity index (χ1v) is 7.51. The van der Waals surface area contributed by atoms with Crippen LogP contribution >= 0.6 is 0 Å². The van der Waals surface area contributed by atoms with Crippen LogP contribution in [0.5, 0.6) is 0 Å². The van der Waals surface area contributed by atoms with Crippen LogP contribution in [0.4, 0.5) is 0 Å². The molecule has 0 spiro atoms. The standard InChI is InChI=1S/C16H21N5/c1-3-8-17-15(16-18-9-11-20(16)4-2)13-12-19-21-10-6-5-7-14(13)21/h5-7,9-12,15,17H,3-4,8H2,1-2H3. The Kier molecular flexibility index (Phi) is 4.01. The molecule has 0 aliphatic heterocycles. The zero-order chi connectivity index (χ0) is 14.7. The fourth-order valence-corrected chi connectivity index (χ4v) is 2.65. The second kappa shape index (κ2) is 6.10. The summed E-state index contributed by atoms with van der Waals surface area (Å²) in [5.74, 6) is 1.05. The quantitative estimate of drug-likeness (QED) is 0.756. The third kappa shape index (κ3) is 2.56. The molecule has 0 aliphatic rings. The van der Waals surface area contributed by atoms with Crippen molar-refractivity contribution in [3.8, 4) is 0 Å². The van der Waals surface area contributed by atoms with Crippen molar-refractivity contribution >= 4 is 5.52 Å². The molecule has 0 aromatic carbocycles. The maximum absolute atomic E-state index is 4.57. The molecule has 1 N–H and O–H groups in total. The van der Waals surface area contributed by atoms with Crippen molar-refractivity contribution in [2.45, 2.75) is 32.9 Å². The predicted octanol–water partition coefficient (Wildman–Crippen LogP) is 2.64. The first-order chi connectivity index (χ1) is 10.3. The lowest BCUT2D eigenvalue weighted by Crippen LogP contribution is -2.26. The van der Waals surface area contributed by atoms with Crippen LogP contribution in [0.1, 0.15) is 37.7 Å². The van der Waals surface area contributed by atoms with Gasteiger partial charge in [0.05, 0.1) is 17.8 Å². The summed E-state index contributed by atoms with van der Waals surface area (Å²) >= 11 is 0. The summed E-state index contributed by atoms with van der Waals surface area (Å²) in [6, 6.07) is 6.21. The van der Waals surface area contributed by atoms with Crippen molar-refractivity contribution in [1.82, 2.24) is 24.5 Å². The number of aryl methyl sites for hydroxylation is 1. The van der Waals surface area contributed by atoms with E-state index in [0.717, 1.165) is 30.9 Å². The molecule has 1 unspecified atom stereocenters. The number of nitrogens with one attached hydrogen (secondary N) is 1. The van der Waals surface area contributed by atoms with E-state index >= 15 is 0 Å². The van der Waals surface area contributed by atoms with Crippen LogP contribution in [0.2, 0.25) is 0 Å². The van der Waals surface area contributed by atoms with Gasteiger partial charge >= 0.3 is 0 Å². The highest BCUT2D eigenvalue weighted by atomic mass is 15.2. The fourth-order valence-electron chi connectivity index (χ4n) is 2.65. The number of hydrogen-bond donors (Lipinski definition) is 1. The largest absolute Gasteiger partial charge is 0.334 e. The molecule has 0 amide bonds. The smallest absolute Gasteiger partial charge is 0.130 e. The number of imidazole rings is 1. The van der Waals surface area contributed by atoms with E-state index in [9.17, 15) is 0 Å². The number of fused-ring (bicyclic) bond motifs is 1. The molecule has 0 saturated heterocycles.